The maximum Gasteiger partial charge on any atom is 0.178 e. The minimum atomic E-state index is 0.161. The van der Waals surface area contributed by atoms with E-state index in [9.17, 15) is 4.79 Å². The normalized spacial score (nSPS) is 11.1. The summed E-state index contributed by atoms with van der Waals surface area (Å²) in [6, 6.07) is 9.67. The molecule has 0 saturated carbocycles. The molecule has 0 radical (unpaired) electrons. The van der Waals surface area contributed by atoms with Crippen LogP contribution in [0.4, 0.5) is 5.69 Å². The summed E-state index contributed by atoms with van der Waals surface area (Å²) in [7, 11) is 1.96. The highest BCUT2D eigenvalue weighted by molar-refractivity contribution is 5.99. The highest BCUT2D eigenvalue weighted by atomic mass is 16.1. The van der Waals surface area contributed by atoms with Gasteiger partial charge < -0.3 is 10.3 Å². The molecule has 112 valence electrons. The van der Waals surface area contributed by atoms with Gasteiger partial charge in [-0.3, -0.25) is 9.69 Å². The maximum absolute atomic E-state index is 12.4. The number of aromatic nitrogens is 1. The number of carbonyl (C=O) groups is 1. The third-order valence-electron chi connectivity index (χ3n) is 3.84. The molecule has 0 spiro atoms. The fourth-order valence-corrected chi connectivity index (χ4v) is 2.51. The second kappa shape index (κ2) is 6.14. The van der Waals surface area contributed by atoms with E-state index in [1.807, 2.05) is 63.1 Å². The van der Waals surface area contributed by atoms with Crippen molar-refractivity contribution in [1.82, 2.24) is 9.47 Å². The monoisotopic (exact) mass is 285 g/mol. The Morgan fingerprint density at radius 2 is 1.86 bits per heavy atom. The molecule has 0 aliphatic carbocycles. The number of likely N-dealkylation sites (N-methyl/N-ethyl adjacent to an activating group) is 1. The lowest BCUT2D eigenvalue weighted by molar-refractivity contribution is 0.0948. The van der Waals surface area contributed by atoms with Gasteiger partial charge >= 0.3 is 0 Å². The van der Waals surface area contributed by atoms with E-state index in [0.29, 0.717) is 6.54 Å². The van der Waals surface area contributed by atoms with Crippen LogP contribution in [0.3, 0.4) is 0 Å². The largest absolute Gasteiger partial charge is 0.399 e. The second-order valence-corrected chi connectivity index (χ2v) is 5.47. The van der Waals surface area contributed by atoms with Crippen molar-refractivity contribution in [3.63, 3.8) is 0 Å². The molecular formula is C17H23N3O. The zero-order chi connectivity index (χ0) is 15.6. The van der Waals surface area contributed by atoms with Crippen LogP contribution in [0.2, 0.25) is 0 Å². The van der Waals surface area contributed by atoms with Crippen molar-refractivity contribution in [2.75, 3.05) is 25.9 Å². The van der Waals surface area contributed by atoms with E-state index in [-0.39, 0.29) is 5.78 Å². The molecule has 1 aromatic heterocycles. The van der Waals surface area contributed by atoms with E-state index in [1.54, 1.807) is 0 Å². The molecule has 0 amide bonds. The molecule has 21 heavy (non-hydrogen) atoms. The summed E-state index contributed by atoms with van der Waals surface area (Å²) in [5, 5.41) is 0. The third-order valence-corrected chi connectivity index (χ3v) is 3.84. The predicted molar refractivity (Wildman–Crippen MR) is 87.2 cm³/mol. The number of nitrogens with zero attached hydrogens (tertiary/aromatic N) is 2. The van der Waals surface area contributed by atoms with E-state index in [4.69, 9.17) is 5.73 Å². The zero-order valence-corrected chi connectivity index (χ0v) is 13.2. The number of benzene rings is 1. The van der Waals surface area contributed by atoms with Crippen LogP contribution in [-0.2, 0) is 0 Å². The number of nitrogens with two attached hydrogens (primary N) is 1. The van der Waals surface area contributed by atoms with Gasteiger partial charge in [-0.1, -0.05) is 6.92 Å². The summed E-state index contributed by atoms with van der Waals surface area (Å²) in [5.74, 6) is 0.161. The number of aryl methyl sites for hydroxylation is 1. The number of hydrogen-bond donors (Lipinski definition) is 1. The van der Waals surface area contributed by atoms with E-state index in [1.165, 1.54) is 0 Å². The van der Waals surface area contributed by atoms with Crippen molar-refractivity contribution in [3.8, 4) is 5.69 Å². The first kappa shape index (κ1) is 15.3. The Labute approximate surface area is 126 Å². The minimum absolute atomic E-state index is 0.161. The average Bonchev–Trinajstić information content (AvgIpc) is 2.75. The van der Waals surface area contributed by atoms with Gasteiger partial charge in [0.25, 0.3) is 0 Å². The summed E-state index contributed by atoms with van der Waals surface area (Å²) in [5.41, 5.74) is 10.3. The van der Waals surface area contributed by atoms with E-state index in [0.717, 1.165) is 34.9 Å². The molecule has 2 N–H and O–H groups in total. The number of carbonyl (C=O) groups excluding carboxylic acids is 1. The standard InChI is InChI=1S/C17H23N3O/c1-5-19(4)11-17(21)16-10-12(2)20(13(16)3)15-8-6-14(18)7-9-15/h6-10H,5,11,18H2,1-4H3. The average molecular weight is 285 g/mol. The van der Waals surface area contributed by atoms with Crippen LogP contribution < -0.4 is 5.73 Å². The zero-order valence-electron chi connectivity index (χ0n) is 13.2. The molecule has 4 heteroatoms. The van der Waals surface area contributed by atoms with Gasteiger partial charge in [0.2, 0.25) is 0 Å². The molecule has 1 aromatic carbocycles. The van der Waals surface area contributed by atoms with Crippen molar-refractivity contribution in [2.45, 2.75) is 20.8 Å². The first-order valence-corrected chi connectivity index (χ1v) is 7.20. The molecule has 0 saturated heterocycles. The Balaban J connectivity index is 2.38. The molecule has 0 aliphatic heterocycles. The van der Waals surface area contributed by atoms with Gasteiger partial charge in [-0.25, -0.2) is 0 Å². The van der Waals surface area contributed by atoms with Crippen LogP contribution in [0.25, 0.3) is 5.69 Å². The number of Topliss-reactive ketones (excluding diaryl/α,β-unsaturated/α-hetero) is 1. The Morgan fingerprint density at radius 3 is 2.43 bits per heavy atom. The van der Waals surface area contributed by atoms with Crippen molar-refractivity contribution in [1.29, 1.82) is 0 Å². The number of rotatable bonds is 5. The van der Waals surface area contributed by atoms with Crippen LogP contribution in [0.1, 0.15) is 28.7 Å². The molecular weight excluding hydrogens is 262 g/mol. The molecule has 4 nitrogen and oxygen atoms in total. The van der Waals surface area contributed by atoms with Gasteiger partial charge in [0, 0.05) is 28.3 Å². The summed E-state index contributed by atoms with van der Waals surface area (Å²) >= 11 is 0. The Bertz CT molecular complexity index is 641. The molecule has 2 aromatic rings. The predicted octanol–water partition coefficient (Wildman–Crippen LogP) is 2.81. The van der Waals surface area contributed by atoms with Crippen LogP contribution in [-0.4, -0.2) is 35.4 Å². The molecule has 0 aliphatic rings. The lowest BCUT2D eigenvalue weighted by atomic mass is 10.1. The van der Waals surface area contributed by atoms with Gasteiger partial charge in [-0.15, -0.1) is 0 Å². The van der Waals surface area contributed by atoms with Crippen LogP contribution >= 0.6 is 0 Å². The summed E-state index contributed by atoms with van der Waals surface area (Å²) < 4.78 is 2.10. The summed E-state index contributed by atoms with van der Waals surface area (Å²) in [4.78, 5) is 14.4. The van der Waals surface area contributed by atoms with Crippen molar-refractivity contribution >= 4 is 11.5 Å². The lowest BCUT2D eigenvalue weighted by Crippen LogP contribution is -2.25. The van der Waals surface area contributed by atoms with Crippen molar-refractivity contribution in [3.05, 3.63) is 47.3 Å². The first-order valence-electron chi connectivity index (χ1n) is 7.20. The van der Waals surface area contributed by atoms with Gasteiger partial charge in [0.1, 0.15) is 0 Å². The molecule has 0 atom stereocenters. The third kappa shape index (κ3) is 3.16. The van der Waals surface area contributed by atoms with Gasteiger partial charge in [0.15, 0.2) is 5.78 Å². The van der Waals surface area contributed by atoms with E-state index < -0.39 is 0 Å². The number of nitrogen functional groups attached to an aromatic ring is 1. The number of anilines is 1. The Morgan fingerprint density at radius 1 is 1.24 bits per heavy atom. The molecule has 0 unspecified atom stereocenters. The number of ketones is 1. The number of hydrogen-bond acceptors (Lipinski definition) is 3. The van der Waals surface area contributed by atoms with Crippen LogP contribution in [0.15, 0.2) is 30.3 Å². The quantitative estimate of drug-likeness (QED) is 0.679. The highest BCUT2D eigenvalue weighted by Gasteiger charge is 2.17. The van der Waals surface area contributed by atoms with Gasteiger partial charge in [0.05, 0.1) is 6.54 Å². The molecule has 0 bridgehead atoms. The SMILES string of the molecule is CCN(C)CC(=O)c1cc(C)n(-c2ccc(N)cc2)c1C. The Kier molecular flexibility index (Phi) is 4.48. The summed E-state index contributed by atoms with van der Waals surface area (Å²) in [6.45, 7) is 7.36. The second-order valence-electron chi connectivity index (χ2n) is 5.47. The van der Waals surface area contributed by atoms with E-state index >= 15 is 0 Å². The molecule has 2 rings (SSSR count). The maximum atomic E-state index is 12.4. The molecule has 0 fully saturated rings. The van der Waals surface area contributed by atoms with Gasteiger partial charge in [-0.2, -0.15) is 0 Å². The van der Waals surface area contributed by atoms with E-state index in [2.05, 4.69) is 4.57 Å². The summed E-state index contributed by atoms with van der Waals surface area (Å²) in [6.07, 6.45) is 0. The first-order chi connectivity index (χ1) is 9.93. The van der Waals surface area contributed by atoms with Crippen LogP contribution in [0.5, 0.6) is 0 Å². The Hall–Kier alpha value is -2.07. The highest BCUT2D eigenvalue weighted by Crippen LogP contribution is 2.22. The van der Waals surface area contributed by atoms with Crippen LogP contribution in [0, 0.1) is 13.8 Å². The fourth-order valence-electron chi connectivity index (χ4n) is 2.51. The minimum Gasteiger partial charge on any atom is -0.399 e. The lowest BCUT2D eigenvalue weighted by Gasteiger charge is -2.13. The van der Waals surface area contributed by atoms with Crippen molar-refractivity contribution < 1.29 is 4.79 Å². The van der Waals surface area contributed by atoms with Crippen molar-refractivity contribution in [2.24, 2.45) is 0 Å². The molecule has 1 heterocycles. The van der Waals surface area contributed by atoms with Gasteiger partial charge in [-0.05, 0) is 57.8 Å². The fraction of sp³-hybridized carbons (Fsp3) is 0.353. The smallest absolute Gasteiger partial charge is 0.178 e. The topological polar surface area (TPSA) is 51.3 Å².